The van der Waals surface area contributed by atoms with Crippen LogP contribution in [0.5, 0.6) is 0 Å². The largest absolute Gasteiger partial charge is 0.389 e. The normalized spacial score (nSPS) is 18.9. The highest BCUT2D eigenvalue weighted by molar-refractivity contribution is 5.85. The van der Waals surface area contributed by atoms with Crippen molar-refractivity contribution in [3.8, 4) is 0 Å². The number of nitrogens with one attached hydrogen (secondary N) is 1. The van der Waals surface area contributed by atoms with Crippen molar-refractivity contribution >= 4 is 12.4 Å². The average Bonchev–Trinajstić information content (AvgIpc) is 2.30. The van der Waals surface area contributed by atoms with E-state index in [1.54, 1.807) is 6.92 Å². The molecule has 90 valence electrons. The quantitative estimate of drug-likeness (QED) is 0.835. The molecule has 0 spiro atoms. The van der Waals surface area contributed by atoms with Crippen LogP contribution in [0.2, 0.25) is 0 Å². The second kappa shape index (κ2) is 6.24. The maximum absolute atomic E-state index is 9.41. The molecule has 16 heavy (non-hydrogen) atoms. The molecular weight excluding hydrogens is 222 g/mol. The summed E-state index contributed by atoms with van der Waals surface area (Å²) < 4.78 is 0. The highest BCUT2D eigenvalue weighted by Gasteiger charge is 2.14. The van der Waals surface area contributed by atoms with E-state index in [0.29, 0.717) is 5.92 Å². The first-order valence-electron chi connectivity index (χ1n) is 5.76. The fourth-order valence-electron chi connectivity index (χ4n) is 2.20. The van der Waals surface area contributed by atoms with Crippen molar-refractivity contribution in [1.82, 2.24) is 5.32 Å². The number of aliphatic hydroxyl groups is 1. The lowest BCUT2D eigenvalue weighted by Gasteiger charge is -2.23. The van der Waals surface area contributed by atoms with E-state index >= 15 is 0 Å². The molecule has 2 nitrogen and oxygen atoms in total. The van der Waals surface area contributed by atoms with E-state index in [9.17, 15) is 5.11 Å². The van der Waals surface area contributed by atoms with Crippen molar-refractivity contribution in [3.05, 3.63) is 35.4 Å². The number of rotatable bonds is 2. The molecule has 1 aliphatic heterocycles. The number of aliphatic hydroxyl groups excluding tert-OH is 1. The summed E-state index contributed by atoms with van der Waals surface area (Å²) in [7, 11) is 0. The van der Waals surface area contributed by atoms with Crippen LogP contribution in [0.1, 0.15) is 42.9 Å². The van der Waals surface area contributed by atoms with Gasteiger partial charge in [-0.1, -0.05) is 24.3 Å². The Hall–Kier alpha value is -0.570. The molecule has 1 aliphatic rings. The summed E-state index contributed by atoms with van der Waals surface area (Å²) in [5.74, 6) is 0.703. The second-order valence-corrected chi connectivity index (χ2v) is 4.37. The van der Waals surface area contributed by atoms with Gasteiger partial charge in [0.25, 0.3) is 0 Å². The van der Waals surface area contributed by atoms with Crippen LogP contribution in [0.15, 0.2) is 24.3 Å². The molecule has 0 amide bonds. The summed E-state index contributed by atoms with van der Waals surface area (Å²) in [5, 5.41) is 12.8. The highest BCUT2D eigenvalue weighted by atomic mass is 35.5. The number of piperidine rings is 1. The van der Waals surface area contributed by atoms with Crippen molar-refractivity contribution in [2.75, 3.05) is 13.1 Å². The van der Waals surface area contributed by atoms with E-state index in [0.717, 1.165) is 18.7 Å². The van der Waals surface area contributed by atoms with E-state index in [4.69, 9.17) is 0 Å². The Labute approximate surface area is 103 Å². The number of hydrogen-bond acceptors (Lipinski definition) is 2. The molecule has 2 rings (SSSR count). The lowest BCUT2D eigenvalue weighted by molar-refractivity contribution is 0.199. The topological polar surface area (TPSA) is 32.3 Å². The zero-order chi connectivity index (χ0) is 10.7. The van der Waals surface area contributed by atoms with E-state index in [-0.39, 0.29) is 18.5 Å². The van der Waals surface area contributed by atoms with E-state index in [1.807, 2.05) is 12.1 Å². The minimum atomic E-state index is -0.355. The third-order valence-corrected chi connectivity index (χ3v) is 3.23. The molecule has 0 aliphatic carbocycles. The lowest BCUT2D eigenvalue weighted by Crippen LogP contribution is -2.26. The van der Waals surface area contributed by atoms with Crippen LogP contribution in [0.25, 0.3) is 0 Å². The first kappa shape index (κ1) is 13.5. The molecule has 0 unspecified atom stereocenters. The van der Waals surface area contributed by atoms with E-state index in [2.05, 4.69) is 17.4 Å². The van der Waals surface area contributed by atoms with Crippen LogP contribution in [-0.4, -0.2) is 18.2 Å². The Morgan fingerprint density at radius 2 is 1.75 bits per heavy atom. The minimum absolute atomic E-state index is 0. The predicted molar refractivity (Wildman–Crippen MR) is 69.2 cm³/mol. The molecule has 1 heterocycles. The van der Waals surface area contributed by atoms with Crippen molar-refractivity contribution in [2.45, 2.75) is 31.8 Å². The lowest BCUT2D eigenvalue weighted by atomic mass is 9.89. The molecule has 0 saturated carbocycles. The molecule has 1 atom stereocenters. The van der Waals surface area contributed by atoms with Gasteiger partial charge in [0.15, 0.2) is 0 Å². The maximum Gasteiger partial charge on any atom is 0.0761 e. The standard InChI is InChI=1S/C13H19NO.ClH/c1-10(15)11-2-4-12(5-3-11)13-6-8-14-9-7-13;/h2-5,10,13-15H,6-9H2,1H3;1H/t10-;/m1./s1. The Morgan fingerprint density at radius 3 is 2.25 bits per heavy atom. The summed E-state index contributed by atoms with van der Waals surface area (Å²) in [4.78, 5) is 0. The van der Waals surface area contributed by atoms with Crippen LogP contribution in [0, 0.1) is 0 Å². The Morgan fingerprint density at radius 1 is 1.19 bits per heavy atom. The molecule has 2 N–H and O–H groups in total. The monoisotopic (exact) mass is 241 g/mol. The smallest absolute Gasteiger partial charge is 0.0761 e. The summed E-state index contributed by atoms with van der Waals surface area (Å²) in [6.07, 6.45) is 2.11. The summed E-state index contributed by atoms with van der Waals surface area (Å²) >= 11 is 0. The van der Waals surface area contributed by atoms with Gasteiger partial charge in [-0.05, 0) is 49.9 Å². The van der Waals surface area contributed by atoms with Gasteiger partial charge >= 0.3 is 0 Å². The van der Waals surface area contributed by atoms with Crippen molar-refractivity contribution < 1.29 is 5.11 Å². The van der Waals surface area contributed by atoms with Crippen molar-refractivity contribution in [1.29, 1.82) is 0 Å². The first-order valence-corrected chi connectivity index (χ1v) is 5.76. The Bertz CT molecular complexity index is 304. The van der Waals surface area contributed by atoms with Gasteiger partial charge in [-0.25, -0.2) is 0 Å². The first-order chi connectivity index (χ1) is 7.27. The highest BCUT2D eigenvalue weighted by Crippen LogP contribution is 2.26. The number of halogens is 1. The van der Waals surface area contributed by atoms with Gasteiger partial charge in [0.2, 0.25) is 0 Å². The predicted octanol–water partition coefficient (Wildman–Crippen LogP) is 2.63. The van der Waals surface area contributed by atoms with E-state index < -0.39 is 0 Å². The van der Waals surface area contributed by atoms with Gasteiger partial charge in [-0.2, -0.15) is 0 Å². The third kappa shape index (κ3) is 3.21. The van der Waals surface area contributed by atoms with Crippen LogP contribution in [-0.2, 0) is 0 Å². The van der Waals surface area contributed by atoms with Gasteiger partial charge in [-0.15, -0.1) is 12.4 Å². The SMILES string of the molecule is C[C@@H](O)c1ccc(C2CCNCC2)cc1.Cl. The van der Waals surface area contributed by atoms with Crippen molar-refractivity contribution in [2.24, 2.45) is 0 Å². The second-order valence-electron chi connectivity index (χ2n) is 4.37. The molecule has 3 heteroatoms. The summed E-state index contributed by atoms with van der Waals surface area (Å²) in [6, 6.07) is 8.42. The van der Waals surface area contributed by atoms with Crippen LogP contribution >= 0.6 is 12.4 Å². The molecule has 0 aromatic heterocycles. The third-order valence-electron chi connectivity index (χ3n) is 3.23. The molecule has 1 fully saturated rings. The van der Waals surface area contributed by atoms with Gasteiger partial charge < -0.3 is 10.4 Å². The summed E-state index contributed by atoms with van der Waals surface area (Å²) in [6.45, 7) is 4.06. The Balaban J connectivity index is 0.00000128. The fraction of sp³-hybridized carbons (Fsp3) is 0.538. The van der Waals surface area contributed by atoms with Crippen LogP contribution < -0.4 is 5.32 Å². The van der Waals surface area contributed by atoms with Gasteiger partial charge in [0.05, 0.1) is 6.10 Å². The van der Waals surface area contributed by atoms with Crippen LogP contribution in [0.4, 0.5) is 0 Å². The van der Waals surface area contributed by atoms with Gasteiger partial charge in [0, 0.05) is 0 Å². The fourth-order valence-corrected chi connectivity index (χ4v) is 2.20. The van der Waals surface area contributed by atoms with Gasteiger partial charge in [0.1, 0.15) is 0 Å². The molecule has 0 radical (unpaired) electrons. The zero-order valence-corrected chi connectivity index (χ0v) is 10.5. The zero-order valence-electron chi connectivity index (χ0n) is 9.65. The molecule has 1 saturated heterocycles. The average molecular weight is 242 g/mol. The Kier molecular flexibility index (Phi) is 5.26. The molecule has 1 aromatic carbocycles. The van der Waals surface area contributed by atoms with E-state index in [1.165, 1.54) is 18.4 Å². The van der Waals surface area contributed by atoms with Gasteiger partial charge in [-0.3, -0.25) is 0 Å². The number of hydrogen-bond donors (Lipinski definition) is 2. The van der Waals surface area contributed by atoms with Crippen molar-refractivity contribution in [3.63, 3.8) is 0 Å². The minimum Gasteiger partial charge on any atom is -0.389 e. The summed E-state index contributed by atoms with van der Waals surface area (Å²) in [5.41, 5.74) is 2.42. The van der Waals surface area contributed by atoms with Crippen LogP contribution in [0.3, 0.4) is 0 Å². The number of benzene rings is 1. The maximum atomic E-state index is 9.41. The molecular formula is C13H20ClNO. The molecule has 1 aromatic rings. The molecule has 0 bridgehead atoms.